The third-order valence-corrected chi connectivity index (χ3v) is 3.10. The van der Waals surface area contributed by atoms with Gasteiger partial charge >= 0.3 is 6.03 Å². The Morgan fingerprint density at radius 2 is 2.12 bits per heavy atom. The Morgan fingerprint density at radius 3 is 2.71 bits per heavy atom. The summed E-state index contributed by atoms with van der Waals surface area (Å²) in [6.07, 6.45) is 0. The van der Waals surface area contributed by atoms with Gasteiger partial charge in [-0.05, 0) is 24.6 Å². The molecular weight excluding hydrogens is 242 g/mol. The van der Waals surface area contributed by atoms with Gasteiger partial charge in [-0.2, -0.15) is 0 Å². The standard InChI is InChI=1S/C10H15N3O3S/c1-2-12-10(14)13-17(15,16)7-8-4-3-5-9(11)6-8/h3-6H,2,7,11H2,1H3,(H2,12,13,14). The van der Waals surface area contributed by atoms with E-state index in [0.29, 0.717) is 17.8 Å². The molecule has 0 atom stereocenters. The van der Waals surface area contributed by atoms with Gasteiger partial charge in [0.2, 0.25) is 10.0 Å². The van der Waals surface area contributed by atoms with Crippen LogP contribution in [-0.2, 0) is 15.8 Å². The summed E-state index contributed by atoms with van der Waals surface area (Å²) in [5, 5.41) is 2.34. The number of urea groups is 1. The van der Waals surface area contributed by atoms with Crippen molar-refractivity contribution in [1.29, 1.82) is 0 Å². The zero-order valence-electron chi connectivity index (χ0n) is 9.43. The Morgan fingerprint density at radius 1 is 1.41 bits per heavy atom. The molecule has 6 nitrogen and oxygen atoms in total. The van der Waals surface area contributed by atoms with E-state index in [1.165, 1.54) is 0 Å². The molecule has 1 aromatic rings. The first-order chi connectivity index (χ1) is 7.93. The molecule has 0 aliphatic rings. The van der Waals surface area contributed by atoms with Gasteiger partial charge in [0.15, 0.2) is 0 Å². The number of rotatable bonds is 4. The fraction of sp³-hybridized carbons (Fsp3) is 0.300. The number of amides is 2. The van der Waals surface area contributed by atoms with Crippen LogP contribution in [0.5, 0.6) is 0 Å². The van der Waals surface area contributed by atoms with E-state index < -0.39 is 16.1 Å². The molecule has 0 radical (unpaired) electrons. The highest BCUT2D eigenvalue weighted by Gasteiger charge is 2.14. The molecule has 0 saturated carbocycles. The summed E-state index contributed by atoms with van der Waals surface area (Å²) < 4.78 is 25.1. The topological polar surface area (TPSA) is 101 Å². The summed E-state index contributed by atoms with van der Waals surface area (Å²) in [4.78, 5) is 11.1. The molecule has 0 saturated heterocycles. The second-order valence-corrected chi connectivity index (χ2v) is 5.19. The van der Waals surface area contributed by atoms with Crippen LogP contribution < -0.4 is 15.8 Å². The Bertz CT molecular complexity index is 499. The molecule has 0 fully saturated rings. The molecule has 0 bridgehead atoms. The highest BCUT2D eigenvalue weighted by molar-refractivity contribution is 7.89. The first-order valence-electron chi connectivity index (χ1n) is 5.05. The summed E-state index contributed by atoms with van der Waals surface area (Å²) in [6, 6.07) is 5.78. The Balaban J connectivity index is 2.70. The largest absolute Gasteiger partial charge is 0.399 e. The van der Waals surface area contributed by atoms with Gasteiger partial charge in [-0.25, -0.2) is 17.9 Å². The van der Waals surface area contributed by atoms with Crippen molar-refractivity contribution < 1.29 is 13.2 Å². The van der Waals surface area contributed by atoms with Gasteiger partial charge in [-0.15, -0.1) is 0 Å². The highest BCUT2D eigenvalue weighted by atomic mass is 32.2. The normalized spacial score (nSPS) is 10.9. The lowest BCUT2D eigenvalue weighted by atomic mass is 10.2. The molecule has 2 amide bonds. The predicted octanol–water partition coefficient (Wildman–Crippen LogP) is 0.418. The zero-order chi connectivity index (χ0) is 12.9. The molecule has 7 heteroatoms. The molecule has 0 aliphatic heterocycles. The van der Waals surface area contributed by atoms with Crippen molar-refractivity contribution in [1.82, 2.24) is 10.0 Å². The minimum Gasteiger partial charge on any atom is -0.399 e. The maximum Gasteiger partial charge on any atom is 0.328 e. The number of nitrogens with two attached hydrogens (primary N) is 1. The molecule has 1 rings (SSSR count). The minimum absolute atomic E-state index is 0.283. The molecule has 4 N–H and O–H groups in total. The van der Waals surface area contributed by atoms with E-state index >= 15 is 0 Å². The van der Waals surface area contributed by atoms with Gasteiger partial charge < -0.3 is 11.1 Å². The van der Waals surface area contributed by atoms with Crippen molar-refractivity contribution >= 4 is 21.7 Å². The number of anilines is 1. The summed E-state index contributed by atoms with van der Waals surface area (Å²) in [5.74, 6) is -0.283. The van der Waals surface area contributed by atoms with Gasteiger partial charge in [0.05, 0.1) is 5.75 Å². The zero-order valence-corrected chi connectivity index (χ0v) is 10.3. The summed E-state index contributed by atoms with van der Waals surface area (Å²) >= 11 is 0. The molecular formula is C10H15N3O3S. The number of nitrogen functional groups attached to an aromatic ring is 1. The average molecular weight is 257 g/mol. The van der Waals surface area contributed by atoms with Crippen LogP contribution in [0, 0.1) is 0 Å². The maximum atomic E-state index is 11.6. The van der Waals surface area contributed by atoms with Crippen LogP contribution in [0.25, 0.3) is 0 Å². The third-order valence-electron chi connectivity index (χ3n) is 1.89. The Labute approximate surface area is 100 Å². The van der Waals surface area contributed by atoms with E-state index in [2.05, 4.69) is 5.32 Å². The monoisotopic (exact) mass is 257 g/mol. The van der Waals surface area contributed by atoms with Crippen LogP contribution >= 0.6 is 0 Å². The number of benzene rings is 1. The average Bonchev–Trinajstić information content (AvgIpc) is 2.15. The van der Waals surface area contributed by atoms with E-state index in [0.717, 1.165) is 0 Å². The van der Waals surface area contributed by atoms with Crippen molar-refractivity contribution in [2.45, 2.75) is 12.7 Å². The molecule has 1 aromatic carbocycles. The number of hydrogen-bond acceptors (Lipinski definition) is 4. The molecule has 0 aromatic heterocycles. The molecule has 0 aliphatic carbocycles. The second kappa shape index (κ2) is 5.53. The van der Waals surface area contributed by atoms with Crippen LogP contribution in [0.3, 0.4) is 0 Å². The van der Waals surface area contributed by atoms with Gasteiger partial charge in [0.1, 0.15) is 0 Å². The molecule has 17 heavy (non-hydrogen) atoms. The van der Waals surface area contributed by atoms with Gasteiger partial charge in [0.25, 0.3) is 0 Å². The van der Waals surface area contributed by atoms with Crippen molar-refractivity contribution in [2.24, 2.45) is 0 Å². The quantitative estimate of drug-likeness (QED) is 0.680. The van der Waals surface area contributed by atoms with Crippen LogP contribution in [0.15, 0.2) is 24.3 Å². The van der Waals surface area contributed by atoms with Crippen molar-refractivity contribution in [3.8, 4) is 0 Å². The molecule has 0 unspecified atom stereocenters. The fourth-order valence-electron chi connectivity index (χ4n) is 1.28. The maximum absolute atomic E-state index is 11.6. The SMILES string of the molecule is CCNC(=O)NS(=O)(=O)Cc1cccc(N)c1. The predicted molar refractivity (Wildman–Crippen MR) is 65.7 cm³/mol. The molecule has 0 spiro atoms. The molecule has 94 valence electrons. The van der Waals surface area contributed by atoms with Crippen LogP contribution in [-0.4, -0.2) is 21.0 Å². The van der Waals surface area contributed by atoms with Gasteiger partial charge in [0, 0.05) is 12.2 Å². The number of hydrogen-bond donors (Lipinski definition) is 3. The lowest BCUT2D eigenvalue weighted by molar-refractivity contribution is 0.246. The number of sulfonamides is 1. The third kappa shape index (κ3) is 4.73. The van der Waals surface area contributed by atoms with Crippen LogP contribution in [0.2, 0.25) is 0 Å². The van der Waals surface area contributed by atoms with E-state index in [9.17, 15) is 13.2 Å². The van der Waals surface area contributed by atoms with Crippen LogP contribution in [0.4, 0.5) is 10.5 Å². The van der Waals surface area contributed by atoms with Crippen molar-refractivity contribution in [3.05, 3.63) is 29.8 Å². The van der Waals surface area contributed by atoms with Crippen molar-refractivity contribution in [2.75, 3.05) is 12.3 Å². The Kier molecular flexibility index (Phi) is 4.33. The minimum atomic E-state index is -3.69. The van der Waals surface area contributed by atoms with E-state index in [1.807, 2.05) is 4.72 Å². The van der Waals surface area contributed by atoms with E-state index in [-0.39, 0.29) is 5.75 Å². The lowest BCUT2D eigenvalue weighted by Crippen LogP contribution is -2.39. The number of nitrogens with one attached hydrogen (secondary N) is 2. The fourth-order valence-corrected chi connectivity index (χ4v) is 2.32. The van der Waals surface area contributed by atoms with Crippen molar-refractivity contribution in [3.63, 3.8) is 0 Å². The summed E-state index contributed by atoms with van der Waals surface area (Å²) in [7, 11) is -3.69. The first kappa shape index (κ1) is 13.3. The molecule has 0 heterocycles. The number of carbonyl (C=O) groups excluding carboxylic acids is 1. The van der Waals surface area contributed by atoms with E-state index in [4.69, 9.17) is 5.73 Å². The second-order valence-electron chi connectivity index (χ2n) is 3.47. The Hall–Kier alpha value is -1.76. The van der Waals surface area contributed by atoms with Gasteiger partial charge in [-0.1, -0.05) is 12.1 Å². The number of carbonyl (C=O) groups is 1. The van der Waals surface area contributed by atoms with Gasteiger partial charge in [-0.3, -0.25) is 0 Å². The summed E-state index contributed by atoms with van der Waals surface area (Å²) in [6.45, 7) is 2.06. The summed E-state index contributed by atoms with van der Waals surface area (Å²) in [5.41, 5.74) is 6.54. The highest BCUT2D eigenvalue weighted by Crippen LogP contribution is 2.09. The first-order valence-corrected chi connectivity index (χ1v) is 6.71. The smallest absolute Gasteiger partial charge is 0.328 e. The lowest BCUT2D eigenvalue weighted by Gasteiger charge is -2.07. The van der Waals surface area contributed by atoms with Crippen LogP contribution in [0.1, 0.15) is 12.5 Å². The van der Waals surface area contributed by atoms with E-state index in [1.54, 1.807) is 31.2 Å².